The Balaban J connectivity index is 0.000000289. The van der Waals surface area contributed by atoms with Crippen LogP contribution in [0.5, 0.6) is 0 Å². The summed E-state index contributed by atoms with van der Waals surface area (Å²) in [6.45, 7) is 20.3. The van der Waals surface area contributed by atoms with Crippen molar-refractivity contribution in [3.05, 3.63) is 119 Å². The second-order valence-electron chi connectivity index (χ2n) is 7.07. The molecule has 0 spiro atoms. The largest absolute Gasteiger partial charge is 0.0988 e. The molecule has 0 atom stereocenters. The van der Waals surface area contributed by atoms with Gasteiger partial charge in [0.05, 0.1) is 0 Å². The summed E-state index contributed by atoms with van der Waals surface area (Å²) in [4.78, 5) is 0. The van der Waals surface area contributed by atoms with E-state index in [9.17, 15) is 0 Å². The molecule has 0 bridgehead atoms. The first-order chi connectivity index (χ1) is 13.3. The van der Waals surface area contributed by atoms with Crippen LogP contribution in [-0.2, 0) is 0 Å². The van der Waals surface area contributed by atoms with Gasteiger partial charge in [0.2, 0.25) is 0 Å². The van der Waals surface area contributed by atoms with Gasteiger partial charge < -0.3 is 0 Å². The molecule has 0 N–H and O–H groups in total. The van der Waals surface area contributed by atoms with Crippen LogP contribution in [0.1, 0.15) is 38.8 Å². The standard InChI is InChI=1S/C16H22.C12H12/c1-7-10-13(4)12-15(6)16(11-8-2)14(5)9-3;1-9-3-5-12-8-10(2)4-6-11(12)7-9/h7-12H,3,6H2,1-2,4-5H3;3-8H,1-2H3/b10-7-,11-8-,13-12-,16-14+;. The molecule has 0 aliphatic carbocycles. The van der Waals surface area contributed by atoms with Gasteiger partial charge in [-0.2, -0.15) is 0 Å². The Bertz CT molecular complexity index is 902. The van der Waals surface area contributed by atoms with Crippen molar-refractivity contribution >= 4 is 10.8 Å². The topological polar surface area (TPSA) is 0 Å². The van der Waals surface area contributed by atoms with Crippen LogP contribution in [0, 0.1) is 13.8 Å². The SMILES string of the molecule is C=C/C(C)=C(\C=C/C)C(=C)/C=C(C)\C=C/C.Cc1ccc2cc(C)ccc2c1. The predicted molar refractivity (Wildman–Crippen MR) is 129 cm³/mol. The molecule has 0 radical (unpaired) electrons. The van der Waals surface area contributed by atoms with Crippen LogP contribution in [-0.4, -0.2) is 0 Å². The zero-order valence-corrected chi connectivity index (χ0v) is 18.3. The van der Waals surface area contributed by atoms with E-state index >= 15 is 0 Å². The molecule has 0 nitrogen and oxygen atoms in total. The molecule has 0 saturated heterocycles. The lowest BCUT2D eigenvalue weighted by Crippen LogP contribution is -1.86. The highest BCUT2D eigenvalue weighted by Crippen LogP contribution is 2.19. The van der Waals surface area contributed by atoms with Gasteiger partial charge in [-0.25, -0.2) is 0 Å². The first-order valence-electron chi connectivity index (χ1n) is 9.75. The van der Waals surface area contributed by atoms with Gasteiger partial charge in [-0.15, -0.1) is 0 Å². The summed E-state index contributed by atoms with van der Waals surface area (Å²) in [6, 6.07) is 13.1. The van der Waals surface area contributed by atoms with E-state index in [4.69, 9.17) is 0 Å². The van der Waals surface area contributed by atoms with Crippen LogP contribution in [0.4, 0.5) is 0 Å². The van der Waals surface area contributed by atoms with Crippen LogP contribution in [0.15, 0.2) is 108 Å². The fourth-order valence-corrected chi connectivity index (χ4v) is 2.92. The molecule has 0 heterocycles. The Morgan fingerprint density at radius 2 is 1.32 bits per heavy atom. The number of rotatable bonds is 5. The predicted octanol–water partition coefficient (Wildman–Crippen LogP) is 8.60. The molecule has 28 heavy (non-hydrogen) atoms. The van der Waals surface area contributed by atoms with Gasteiger partial charge in [-0.05, 0) is 69.0 Å². The van der Waals surface area contributed by atoms with E-state index in [2.05, 4.69) is 88.6 Å². The van der Waals surface area contributed by atoms with E-state index in [1.54, 1.807) is 0 Å². The lowest BCUT2D eigenvalue weighted by atomic mass is 9.99. The van der Waals surface area contributed by atoms with Crippen LogP contribution in [0.3, 0.4) is 0 Å². The fraction of sp³-hybridized carbons (Fsp3) is 0.214. The highest BCUT2D eigenvalue weighted by atomic mass is 14.0. The summed E-state index contributed by atoms with van der Waals surface area (Å²) in [7, 11) is 0. The maximum Gasteiger partial charge on any atom is -0.0164 e. The van der Waals surface area contributed by atoms with E-state index in [-0.39, 0.29) is 0 Å². The van der Waals surface area contributed by atoms with Crippen LogP contribution < -0.4 is 0 Å². The molecule has 146 valence electrons. The monoisotopic (exact) mass is 370 g/mol. The van der Waals surface area contributed by atoms with E-state index in [0.717, 1.165) is 16.7 Å². The molecule has 0 aliphatic rings. The number of allylic oxidation sites excluding steroid dienone is 10. The number of benzene rings is 2. The zero-order valence-electron chi connectivity index (χ0n) is 18.3. The first-order valence-corrected chi connectivity index (χ1v) is 9.75. The molecule has 0 amide bonds. The smallest absolute Gasteiger partial charge is 0.0164 e. The Morgan fingerprint density at radius 3 is 1.75 bits per heavy atom. The number of hydrogen-bond acceptors (Lipinski definition) is 0. The molecule has 0 saturated carbocycles. The Hall–Kier alpha value is -2.86. The van der Waals surface area contributed by atoms with Crippen molar-refractivity contribution in [2.24, 2.45) is 0 Å². The molecule has 2 aromatic carbocycles. The van der Waals surface area contributed by atoms with Crippen molar-refractivity contribution in [2.75, 3.05) is 0 Å². The minimum atomic E-state index is 1.02. The molecular formula is C28H34. The third-order valence-corrected chi connectivity index (χ3v) is 4.39. The van der Waals surface area contributed by atoms with Gasteiger partial charge in [0, 0.05) is 0 Å². The van der Waals surface area contributed by atoms with Gasteiger partial charge in [0.15, 0.2) is 0 Å². The summed E-state index contributed by atoms with van der Waals surface area (Å²) in [6.07, 6.45) is 12.1. The molecule has 0 aromatic heterocycles. The summed E-state index contributed by atoms with van der Waals surface area (Å²) in [5.74, 6) is 0. The lowest BCUT2D eigenvalue weighted by Gasteiger charge is -2.06. The Labute approximate surface area is 172 Å². The van der Waals surface area contributed by atoms with Crippen molar-refractivity contribution in [3.8, 4) is 0 Å². The second kappa shape index (κ2) is 11.8. The van der Waals surface area contributed by atoms with E-state index < -0.39 is 0 Å². The molecular weight excluding hydrogens is 336 g/mol. The Morgan fingerprint density at radius 1 is 0.821 bits per heavy atom. The van der Waals surface area contributed by atoms with E-state index in [1.165, 1.54) is 27.5 Å². The van der Waals surface area contributed by atoms with Crippen LogP contribution >= 0.6 is 0 Å². The van der Waals surface area contributed by atoms with Gasteiger partial charge in [-0.3, -0.25) is 0 Å². The zero-order chi connectivity index (χ0) is 21.1. The summed E-state index contributed by atoms with van der Waals surface area (Å²) < 4.78 is 0. The highest BCUT2D eigenvalue weighted by Gasteiger charge is 1.99. The second-order valence-corrected chi connectivity index (χ2v) is 7.07. The number of hydrogen-bond donors (Lipinski definition) is 0. The minimum absolute atomic E-state index is 1.02. The van der Waals surface area contributed by atoms with Crippen molar-refractivity contribution in [1.29, 1.82) is 0 Å². The van der Waals surface area contributed by atoms with Crippen LogP contribution in [0.25, 0.3) is 10.8 Å². The molecule has 2 rings (SSSR count). The molecule has 0 fully saturated rings. The maximum atomic E-state index is 4.10. The van der Waals surface area contributed by atoms with Gasteiger partial charge in [0.1, 0.15) is 0 Å². The fourth-order valence-electron chi connectivity index (χ4n) is 2.92. The number of fused-ring (bicyclic) bond motifs is 1. The Kier molecular flexibility index (Phi) is 9.74. The molecule has 0 aliphatic heterocycles. The van der Waals surface area contributed by atoms with Crippen LogP contribution in [0.2, 0.25) is 0 Å². The highest BCUT2D eigenvalue weighted by molar-refractivity contribution is 5.83. The van der Waals surface area contributed by atoms with E-state index in [1.807, 2.05) is 39.0 Å². The minimum Gasteiger partial charge on any atom is -0.0988 e. The summed E-state index contributed by atoms with van der Waals surface area (Å²) >= 11 is 0. The maximum absolute atomic E-state index is 4.10. The van der Waals surface area contributed by atoms with Crippen molar-refractivity contribution in [2.45, 2.75) is 41.5 Å². The molecule has 0 unspecified atom stereocenters. The normalized spacial score (nSPS) is 12.7. The number of aryl methyl sites for hydroxylation is 2. The van der Waals surface area contributed by atoms with E-state index in [0.29, 0.717) is 0 Å². The average molecular weight is 371 g/mol. The molecule has 0 heteroatoms. The van der Waals surface area contributed by atoms with Gasteiger partial charge >= 0.3 is 0 Å². The van der Waals surface area contributed by atoms with Crippen molar-refractivity contribution in [1.82, 2.24) is 0 Å². The quantitative estimate of drug-likeness (QED) is 0.462. The third-order valence-electron chi connectivity index (χ3n) is 4.39. The summed E-state index contributed by atoms with van der Waals surface area (Å²) in [5.41, 5.74) is 7.16. The third kappa shape index (κ3) is 7.40. The molecule has 2 aromatic rings. The van der Waals surface area contributed by atoms with Crippen molar-refractivity contribution in [3.63, 3.8) is 0 Å². The van der Waals surface area contributed by atoms with Gasteiger partial charge in [-0.1, -0.05) is 103 Å². The van der Waals surface area contributed by atoms with Crippen molar-refractivity contribution < 1.29 is 0 Å². The average Bonchev–Trinajstić information content (AvgIpc) is 2.66. The summed E-state index contributed by atoms with van der Waals surface area (Å²) in [5, 5.41) is 2.67. The first kappa shape index (κ1) is 23.2. The van der Waals surface area contributed by atoms with Gasteiger partial charge in [0.25, 0.3) is 0 Å². The lowest BCUT2D eigenvalue weighted by molar-refractivity contribution is 1.38.